The molecule has 0 radical (unpaired) electrons. The second kappa shape index (κ2) is 9.82. The van der Waals surface area contributed by atoms with Gasteiger partial charge in [0.15, 0.2) is 0 Å². The lowest BCUT2D eigenvalue weighted by Gasteiger charge is -2.27. The molecule has 0 saturated carbocycles. The highest BCUT2D eigenvalue weighted by atomic mass is 35.5. The zero-order valence-electron chi connectivity index (χ0n) is 13.5. The van der Waals surface area contributed by atoms with Crippen LogP contribution in [-0.2, 0) is 6.42 Å². The van der Waals surface area contributed by atoms with Crippen molar-refractivity contribution in [1.82, 2.24) is 5.32 Å². The Morgan fingerprint density at radius 1 is 1.04 bits per heavy atom. The van der Waals surface area contributed by atoms with Crippen LogP contribution < -0.4 is 10.6 Å². The Morgan fingerprint density at radius 3 is 2.52 bits per heavy atom. The second-order valence-electron chi connectivity index (χ2n) is 6.01. The lowest BCUT2D eigenvalue weighted by molar-refractivity contribution is 0.537. The highest BCUT2D eigenvalue weighted by Crippen LogP contribution is 2.24. The molecule has 2 atom stereocenters. The Labute approximate surface area is 151 Å². The van der Waals surface area contributed by atoms with Crippen LogP contribution in [0.25, 0.3) is 0 Å². The summed E-state index contributed by atoms with van der Waals surface area (Å²) in [6.07, 6.45) is 2.40. The van der Waals surface area contributed by atoms with Crippen LogP contribution in [0.5, 0.6) is 0 Å². The average Bonchev–Trinajstić information content (AvgIpc) is 2.55. The van der Waals surface area contributed by atoms with Crippen molar-refractivity contribution in [1.29, 1.82) is 0 Å². The van der Waals surface area contributed by atoms with E-state index in [9.17, 15) is 0 Å². The van der Waals surface area contributed by atoms with Gasteiger partial charge in [0.25, 0.3) is 0 Å². The molecule has 0 aromatic heterocycles. The molecule has 0 spiro atoms. The van der Waals surface area contributed by atoms with Crippen molar-refractivity contribution in [3.8, 4) is 0 Å². The van der Waals surface area contributed by atoms with E-state index in [1.165, 1.54) is 29.7 Å². The van der Waals surface area contributed by atoms with Crippen molar-refractivity contribution in [2.24, 2.45) is 0 Å². The molecular formula is C19H26Cl2N2. The predicted molar refractivity (Wildman–Crippen MR) is 104 cm³/mol. The quantitative estimate of drug-likeness (QED) is 0.818. The molecule has 1 aliphatic rings. The van der Waals surface area contributed by atoms with Gasteiger partial charge in [-0.05, 0) is 36.0 Å². The van der Waals surface area contributed by atoms with Crippen molar-refractivity contribution in [2.45, 2.75) is 31.7 Å². The van der Waals surface area contributed by atoms with Gasteiger partial charge >= 0.3 is 0 Å². The number of para-hydroxylation sites is 1. The fraction of sp³-hybridized carbons (Fsp3) is 0.368. The Balaban J connectivity index is 0.00000132. The molecule has 2 aromatic rings. The van der Waals surface area contributed by atoms with Crippen LogP contribution in [0, 0.1) is 0 Å². The number of anilines is 1. The fourth-order valence-electron chi connectivity index (χ4n) is 3.03. The van der Waals surface area contributed by atoms with Gasteiger partial charge in [0.05, 0.1) is 0 Å². The first-order valence-electron chi connectivity index (χ1n) is 7.93. The molecule has 23 heavy (non-hydrogen) atoms. The van der Waals surface area contributed by atoms with E-state index >= 15 is 0 Å². The molecule has 0 saturated heterocycles. The normalized spacial score (nSPS) is 17.0. The highest BCUT2D eigenvalue weighted by molar-refractivity contribution is 5.85. The third-order valence-corrected chi connectivity index (χ3v) is 4.35. The van der Waals surface area contributed by atoms with Gasteiger partial charge in [-0.25, -0.2) is 0 Å². The molecule has 126 valence electrons. The first-order valence-corrected chi connectivity index (χ1v) is 7.93. The summed E-state index contributed by atoms with van der Waals surface area (Å²) in [5.41, 5.74) is 4.17. The second-order valence-corrected chi connectivity index (χ2v) is 6.01. The third kappa shape index (κ3) is 5.42. The minimum absolute atomic E-state index is 0. The zero-order chi connectivity index (χ0) is 14.5. The van der Waals surface area contributed by atoms with Crippen molar-refractivity contribution >= 4 is 30.5 Å². The number of rotatable bonds is 5. The molecule has 2 unspecified atom stereocenters. The van der Waals surface area contributed by atoms with E-state index in [1.54, 1.807) is 0 Å². The maximum Gasteiger partial charge on any atom is 0.0389 e. The summed E-state index contributed by atoms with van der Waals surface area (Å²) in [4.78, 5) is 0. The van der Waals surface area contributed by atoms with E-state index in [0.717, 1.165) is 13.1 Å². The molecule has 1 heterocycles. The van der Waals surface area contributed by atoms with Gasteiger partial charge in [0, 0.05) is 24.8 Å². The molecule has 3 rings (SSSR count). The monoisotopic (exact) mass is 352 g/mol. The molecule has 0 aliphatic carbocycles. The molecule has 2 aromatic carbocycles. The van der Waals surface area contributed by atoms with Gasteiger partial charge in [-0.2, -0.15) is 0 Å². The molecule has 2 N–H and O–H groups in total. The number of benzene rings is 2. The Kier molecular flexibility index (Phi) is 8.46. The van der Waals surface area contributed by atoms with Gasteiger partial charge in [-0.1, -0.05) is 55.5 Å². The average molecular weight is 353 g/mol. The van der Waals surface area contributed by atoms with Gasteiger partial charge in [0.1, 0.15) is 0 Å². The van der Waals surface area contributed by atoms with Crippen LogP contribution in [0.3, 0.4) is 0 Å². The van der Waals surface area contributed by atoms with Crippen molar-refractivity contribution in [3.63, 3.8) is 0 Å². The maximum atomic E-state index is 3.65. The van der Waals surface area contributed by atoms with Gasteiger partial charge in [-0.15, -0.1) is 24.8 Å². The van der Waals surface area contributed by atoms with Crippen LogP contribution in [-0.4, -0.2) is 19.1 Å². The smallest absolute Gasteiger partial charge is 0.0389 e. The topological polar surface area (TPSA) is 24.1 Å². The number of aryl methyl sites for hydroxylation is 1. The molecule has 0 amide bonds. The summed E-state index contributed by atoms with van der Waals surface area (Å²) in [7, 11) is 0. The minimum Gasteiger partial charge on any atom is -0.381 e. The predicted octanol–water partition coefficient (Wildman–Crippen LogP) is 4.65. The Morgan fingerprint density at radius 2 is 1.74 bits per heavy atom. The summed E-state index contributed by atoms with van der Waals surface area (Å²) in [5.74, 6) is 0.557. The van der Waals surface area contributed by atoms with Crippen LogP contribution in [0.1, 0.15) is 30.4 Å². The van der Waals surface area contributed by atoms with Gasteiger partial charge in [-0.3, -0.25) is 0 Å². The highest BCUT2D eigenvalue weighted by Gasteiger charge is 2.16. The number of hydrogen-bond acceptors (Lipinski definition) is 2. The Bertz CT molecular complexity index is 575. The zero-order valence-corrected chi connectivity index (χ0v) is 15.1. The maximum absolute atomic E-state index is 3.65. The van der Waals surface area contributed by atoms with Crippen LogP contribution in [0.15, 0.2) is 54.6 Å². The first kappa shape index (κ1) is 19.8. The molecule has 0 fully saturated rings. The fourth-order valence-corrected chi connectivity index (χ4v) is 3.03. The first-order chi connectivity index (χ1) is 10.3. The van der Waals surface area contributed by atoms with Crippen molar-refractivity contribution in [2.75, 3.05) is 18.4 Å². The van der Waals surface area contributed by atoms with E-state index < -0.39 is 0 Å². The number of fused-ring (bicyclic) bond motifs is 1. The largest absolute Gasteiger partial charge is 0.381 e. The van der Waals surface area contributed by atoms with Crippen LogP contribution in [0.2, 0.25) is 0 Å². The minimum atomic E-state index is 0. The van der Waals surface area contributed by atoms with E-state index in [0.29, 0.717) is 12.0 Å². The third-order valence-electron chi connectivity index (χ3n) is 4.35. The lowest BCUT2D eigenvalue weighted by Crippen LogP contribution is -2.37. The summed E-state index contributed by atoms with van der Waals surface area (Å²) in [6, 6.07) is 19.9. The summed E-state index contributed by atoms with van der Waals surface area (Å²) >= 11 is 0. The number of nitrogens with one attached hydrogen (secondary N) is 2. The molecule has 2 nitrogen and oxygen atoms in total. The van der Waals surface area contributed by atoms with Crippen molar-refractivity contribution in [3.05, 3.63) is 65.7 Å². The molecular weight excluding hydrogens is 327 g/mol. The summed E-state index contributed by atoms with van der Waals surface area (Å²) in [5, 5.41) is 7.27. The van der Waals surface area contributed by atoms with Crippen LogP contribution >= 0.6 is 24.8 Å². The number of hydrogen-bond donors (Lipinski definition) is 2. The Hall–Kier alpha value is -1.22. The molecule has 1 aliphatic heterocycles. The summed E-state index contributed by atoms with van der Waals surface area (Å²) in [6.45, 7) is 4.35. The SMILES string of the molecule is CC(CNCC1CCc2ccccc2N1)c1ccccc1.Cl.Cl. The van der Waals surface area contributed by atoms with E-state index in [1.807, 2.05) is 0 Å². The van der Waals surface area contributed by atoms with E-state index in [2.05, 4.69) is 72.2 Å². The van der Waals surface area contributed by atoms with E-state index in [4.69, 9.17) is 0 Å². The van der Waals surface area contributed by atoms with Crippen molar-refractivity contribution < 1.29 is 0 Å². The molecule has 4 heteroatoms. The van der Waals surface area contributed by atoms with E-state index in [-0.39, 0.29) is 24.8 Å². The van der Waals surface area contributed by atoms with Gasteiger partial charge in [0.2, 0.25) is 0 Å². The lowest BCUT2D eigenvalue weighted by atomic mass is 9.97. The molecule has 0 bridgehead atoms. The van der Waals surface area contributed by atoms with Crippen LogP contribution in [0.4, 0.5) is 5.69 Å². The van der Waals surface area contributed by atoms with Gasteiger partial charge < -0.3 is 10.6 Å². The summed E-state index contributed by atoms with van der Waals surface area (Å²) < 4.78 is 0. The standard InChI is InChI=1S/C19H24N2.2ClH/c1-15(16-7-3-2-4-8-16)13-20-14-18-12-11-17-9-5-6-10-19(17)21-18;;/h2-10,15,18,20-21H,11-14H2,1H3;2*1H. The number of halogens is 2.